The monoisotopic (exact) mass is 218 g/mol. The fraction of sp³-hybridized carbons (Fsp3) is 0. The molecule has 0 aliphatic heterocycles. The number of carbonyl (C=O) groups is 1. The third-order valence-corrected chi connectivity index (χ3v) is 2.18. The van der Waals surface area contributed by atoms with Gasteiger partial charge >= 0.3 is 0 Å². The molecule has 0 aliphatic rings. The van der Waals surface area contributed by atoms with E-state index in [1.54, 1.807) is 24.3 Å². The van der Waals surface area contributed by atoms with E-state index in [0.29, 0.717) is 5.69 Å². The topological polar surface area (TPSA) is 107 Å². The van der Waals surface area contributed by atoms with Gasteiger partial charge in [0, 0.05) is 0 Å². The molecule has 6 nitrogen and oxygen atoms in total. The van der Waals surface area contributed by atoms with Crippen molar-refractivity contribution in [3.63, 3.8) is 0 Å². The van der Waals surface area contributed by atoms with E-state index >= 15 is 0 Å². The predicted molar refractivity (Wildman–Crippen MR) is 59.3 cm³/mol. The Hall–Kier alpha value is -2.50. The molecular formula is C10H10N4O2. The van der Waals surface area contributed by atoms with Gasteiger partial charge in [0.1, 0.15) is 5.69 Å². The standard InChI is InChI=1S/C10H10N4O2/c11-7-8(9(12)15)14(13-10(7)16)6-4-2-1-3-5-6/h1-5H,11H2,(H2,12,15)(H,13,16). The fourth-order valence-electron chi connectivity index (χ4n) is 1.46. The summed E-state index contributed by atoms with van der Waals surface area (Å²) in [6, 6.07) is 8.81. The molecule has 0 spiro atoms. The van der Waals surface area contributed by atoms with Gasteiger partial charge in [0.15, 0.2) is 5.69 Å². The van der Waals surface area contributed by atoms with Gasteiger partial charge < -0.3 is 11.5 Å². The highest BCUT2D eigenvalue weighted by molar-refractivity contribution is 5.96. The SMILES string of the molecule is NC(=O)c1c(N)c(=O)[nH]n1-c1ccccc1. The first kappa shape index (κ1) is 10.0. The number of nitrogen functional groups attached to an aromatic ring is 1. The highest BCUT2D eigenvalue weighted by Gasteiger charge is 2.17. The van der Waals surface area contributed by atoms with Gasteiger partial charge in [-0.25, -0.2) is 4.68 Å². The highest BCUT2D eigenvalue weighted by Crippen LogP contribution is 2.12. The summed E-state index contributed by atoms with van der Waals surface area (Å²) in [6.07, 6.45) is 0. The largest absolute Gasteiger partial charge is 0.392 e. The minimum Gasteiger partial charge on any atom is -0.392 e. The molecule has 0 saturated heterocycles. The molecule has 1 aromatic carbocycles. The van der Waals surface area contributed by atoms with E-state index in [1.165, 1.54) is 4.68 Å². The Balaban J connectivity index is 2.71. The first-order valence-corrected chi connectivity index (χ1v) is 4.57. The van der Waals surface area contributed by atoms with E-state index in [0.717, 1.165) is 0 Å². The number of aromatic amines is 1. The van der Waals surface area contributed by atoms with Crippen LogP contribution in [-0.4, -0.2) is 15.7 Å². The third-order valence-electron chi connectivity index (χ3n) is 2.18. The number of hydrogen-bond donors (Lipinski definition) is 3. The molecule has 16 heavy (non-hydrogen) atoms. The smallest absolute Gasteiger partial charge is 0.288 e. The molecule has 0 bridgehead atoms. The third kappa shape index (κ3) is 1.46. The van der Waals surface area contributed by atoms with E-state index < -0.39 is 11.5 Å². The number of amides is 1. The average Bonchev–Trinajstić information content (AvgIpc) is 2.57. The van der Waals surface area contributed by atoms with Crippen molar-refractivity contribution < 1.29 is 4.79 Å². The molecule has 2 rings (SSSR count). The number of nitrogens with two attached hydrogens (primary N) is 2. The molecule has 0 saturated carbocycles. The number of anilines is 1. The van der Waals surface area contributed by atoms with Gasteiger partial charge in [-0.3, -0.25) is 14.7 Å². The lowest BCUT2D eigenvalue weighted by molar-refractivity contribution is 0.0994. The zero-order valence-electron chi connectivity index (χ0n) is 8.31. The molecule has 1 heterocycles. The van der Waals surface area contributed by atoms with E-state index in [1.807, 2.05) is 6.07 Å². The summed E-state index contributed by atoms with van der Waals surface area (Å²) < 4.78 is 1.28. The molecular weight excluding hydrogens is 208 g/mol. The van der Waals surface area contributed by atoms with Gasteiger partial charge in [-0.05, 0) is 12.1 Å². The minimum atomic E-state index is -0.750. The molecule has 0 radical (unpaired) electrons. The van der Waals surface area contributed by atoms with Crippen LogP contribution in [0, 0.1) is 0 Å². The zero-order chi connectivity index (χ0) is 11.7. The molecule has 1 amide bonds. The van der Waals surface area contributed by atoms with E-state index in [9.17, 15) is 9.59 Å². The fourth-order valence-corrected chi connectivity index (χ4v) is 1.46. The van der Waals surface area contributed by atoms with Crippen molar-refractivity contribution in [3.8, 4) is 5.69 Å². The Morgan fingerprint density at radius 2 is 1.88 bits per heavy atom. The number of rotatable bonds is 2. The Morgan fingerprint density at radius 1 is 1.25 bits per heavy atom. The lowest BCUT2D eigenvalue weighted by atomic mass is 10.3. The minimum absolute atomic E-state index is 0.0313. The maximum atomic E-state index is 11.3. The second-order valence-electron chi connectivity index (χ2n) is 3.24. The van der Waals surface area contributed by atoms with Gasteiger partial charge in [-0.15, -0.1) is 0 Å². The van der Waals surface area contributed by atoms with Crippen molar-refractivity contribution in [3.05, 3.63) is 46.4 Å². The van der Waals surface area contributed by atoms with Crippen LogP contribution in [0.25, 0.3) is 5.69 Å². The Labute approximate surface area is 90.5 Å². The van der Waals surface area contributed by atoms with Crippen molar-refractivity contribution in [2.45, 2.75) is 0 Å². The molecule has 0 aliphatic carbocycles. The second kappa shape index (κ2) is 3.58. The first-order valence-electron chi connectivity index (χ1n) is 4.57. The van der Waals surface area contributed by atoms with E-state index in [2.05, 4.69) is 5.10 Å². The van der Waals surface area contributed by atoms with Crippen LogP contribution in [0.5, 0.6) is 0 Å². The number of nitrogens with zero attached hydrogens (tertiary/aromatic N) is 1. The molecule has 82 valence electrons. The molecule has 2 aromatic rings. The summed E-state index contributed by atoms with van der Waals surface area (Å²) in [5.41, 5.74) is 10.5. The van der Waals surface area contributed by atoms with Crippen molar-refractivity contribution in [1.82, 2.24) is 9.78 Å². The molecule has 0 fully saturated rings. The molecule has 0 unspecified atom stereocenters. The second-order valence-corrected chi connectivity index (χ2v) is 3.24. The molecule has 0 atom stereocenters. The number of aromatic nitrogens is 2. The van der Waals surface area contributed by atoms with Gasteiger partial charge in [-0.2, -0.15) is 0 Å². The van der Waals surface area contributed by atoms with E-state index in [-0.39, 0.29) is 11.4 Å². The summed E-state index contributed by atoms with van der Waals surface area (Å²) in [5.74, 6) is -0.750. The van der Waals surface area contributed by atoms with Crippen LogP contribution in [0.15, 0.2) is 35.1 Å². The number of H-pyrrole nitrogens is 1. The summed E-state index contributed by atoms with van der Waals surface area (Å²) in [7, 11) is 0. The number of hydrogen-bond acceptors (Lipinski definition) is 3. The van der Waals surface area contributed by atoms with Crippen molar-refractivity contribution in [1.29, 1.82) is 0 Å². The normalized spacial score (nSPS) is 10.2. The quantitative estimate of drug-likeness (QED) is 0.652. The number of benzene rings is 1. The Morgan fingerprint density at radius 3 is 2.44 bits per heavy atom. The summed E-state index contributed by atoms with van der Waals surface area (Å²) in [4.78, 5) is 22.5. The number of primary amides is 1. The van der Waals surface area contributed by atoms with E-state index in [4.69, 9.17) is 11.5 Å². The van der Waals surface area contributed by atoms with Gasteiger partial charge in [-0.1, -0.05) is 18.2 Å². The molecule has 1 aromatic heterocycles. The summed E-state index contributed by atoms with van der Waals surface area (Å²) in [6.45, 7) is 0. The maximum absolute atomic E-state index is 11.3. The van der Waals surface area contributed by atoms with Crippen LogP contribution in [0.2, 0.25) is 0 Å². The average molecular weight is 218 g/mol. The van der Waals surface area contributed by atoms with Gasteiger partial charge in [0.05, 0.1) is 5.69 Å². The number of nitrogens with one attached hydrogen (secondary N) is 1. The van der Waals surface area contributed by atoms with Gasteiger partial charge in [0.2, 0.25) is 0 Å². The molecule has 5 N–H and O–H groups in total. The van der Waals surface area contributed by atoms with Crippen LogP contribution in [0.3, 0.4) is 0 Å². The van der Waals surface area contributed by atoms with Crippen molar-refractivity contribution in [2.24, 2.45) is 5.73 Å². The van der Waals surface area contributed by atoms with Crippen LogP contribution >= 0.6 is 0 Å². The summed E-state index contributed by atoms with van der Waals surface area (Å²) >= 11 is 0. The zero-order valence-corrected chi connectivity index (χ0v) is 8.31. The number of carbonyl (C=O) groups excluding carboxylic acids is 1. The van der Waals surface area contributed by atoms with Gasteiger partial charge in [0.25, 0.3) is 11.5 Å². The van der Waals surface area contributed by atoms with Crippen LogP contribution in [-0.2, 0) is 0 Å². The summed E-state index contributed by atoms with van der Waals surface area (Å²) in [5, 5.41) is 2.45. The molecule has 6 heteroatoms. The van der Waals surface area contributed by atoms with Crippen molar-refractivity contribution >= 4 is 11.6 Å². The van der Waals surface area contributed by atoms with Crippen LogP contribution in [0.1, 0.15) is 10.5 Å². The number of para-hydroxylation sites is 1. The maximum Gasteiger partial charge on any atom is 0.288 e. The highest BCUT2D eigenvalue weighted by atomic mass is 16.2. The lowest BCUT2D eigenvalue weighted by Crippen LogP contribution is -2.18. The van der Waals surface area contributed by atoms with Crippen molar-refractivity contribution in [2.75, 3.05) is 5.73 Å². The first-order chi connectivity index (χ1) is 7.61. The lowest BCUT2D eigenvalue weighted by Gasteiger charge is -2.05. The Bertz CT molecular complexity index is 583. The Kier molecular flexibility index (Phi) is 2.24. The van der Waals surface area contributed by atoms with Crippen LogP contribution < -0.4 is 17.0 Å². The predicted octanol–water partition coefficient (Wildman–Crippen LogP) is -0.153. The van der Waals surface area contributed by atoms with Crippen LogP contribution in [0.4, 0.5) is 5.69 Å².